The second kappa shape index (κ2) is 3.61. The molecule has 1 radical (unpaired) electrons. The molecule has 3 N–H and O–H groups in total. The van der Waals surface area contributed by atoms with Crippen LogP contribution in [0.4, 0.5) is 5.69 Å². The van der Waals surface area contributed by atoms with Gasteiger partial charge in [0.25, 0.3) is 5.91 Å². The number of para-hydroxylation sites is 2. The van der Waals surface area contributed by atoms with E-state index in [-0.39, 0.29) is 6.61 Å². The molecule has 0 saturated carbocycles. The van der Waals surface area contributed by atoms with Crippen molar-refractivity contribution < 1.29 is 9.53 Å². The fourth-order valence-electron chi connectivity index (χ4n) is 0.755. The third kappa shape index (κ3) is 2.16. The van der Waals surface area contributed by atoms with Gasteiger partial charge in [-0.1, -0.05) is 12.1 Å². The van der Waals surface area contributed by atoms with Crippen LogP contribution in [0.5, 0.6) is 5.75 Å². The Morgan fingerprint density at radius 3 is 2.75 bits per heavy atom. The maximum atomic E-state index is 10.2. The molecular weight excluding hydrogens is 156 g/mol. The number of nitrogens with one attached hydrogen (secondary N) is 1. The first kappa shape index (κ1) is 8.39. The van der Waals surface area contributed by atoms with E-state index < -0.39 is 5.91 Å². The maximum absolute atomic E-state index is 10.2. The molecular formula is C8H9N2O2. The summed E-state index contributed by atoms with van der Waals surface area (Å²) in [7, 11) is 0. The lowest BCUT2D eigenvalue weighted by Gasteiger charge is -2.04. The average molecular weight is 165 g/mol. The molecule has 63 valence electrons. The van der Waals surface area contributed by atoms with Crippen molar-refractivity contribution in [1.29, 1.82) is 0 Å². The first-order valence-corrected chi connectivity index (χ1v) is 3.42. The molecule has 0 bridgehead atoms. The number of nitrogen functional groups attached to an aromatic ring is 1. The van der Waals surface area contributed by atoms with E-state index in [2.05, 4.69) is 0 Å². The Morgan fingerprint density at radius 2 is 2.17 bits per heavy atom. The molecule has 4 heteroatoms. The zero-order chi connectivity index (χ0) is 8.97. The molecule has 1 amide bonds. The number of hydrogen-bond donors (Lipinski definition) is 1. The van der Waals surface area contributed by atoms with Gasteiger partial charge in [0.2, 0.25) is 0 Å². The van der Waals surface area contributed by atoms with Crippen molar-refractivity contribution in [2.24, 2.45) is 0 Å². The first-order valence-electron chi connectivity index (χ1n) is 3.42. The van der Waals surface area contributed by atoms with Crippen molar-refractivity contribution in [3.63, 3.8) is 0 Å². The van der Waals surface area contributed by atoms with Gasteiger partial charge in [-0.25, -0.2) is 0 Å². The summed E-state index contributed by atoms with van der Waals surface area (Å²) in [5.41, 5.74) is 12.6. The number of rotatable bonds is 3. The van der Waals surface area contributed by atoms with Gasteiger partial charge >= 0.3 is 0 Å². The van der Waals surface area contributed by atoms with E-state index in [1.54, 1.807) is 24.3 Å². The fraction of sp³-hybridized carbons (Fsp3) is 0.125. The summed E-state index contributed by atoms with van der Waals surface area (Å²) < 4.78 is 4.94. The van der Waals surface area contributed by atoms with Crippen molar-refractivity contribution in [3.8, 4) is 5.75 Å². The normalized spacial score (nSPS) is 9.33. The zero-order valence-electron chi connectivity index (χ0n) is 6.41. The van der Waals surface area contributed by atoms with Gasteiger partial charge in [0.1, 0.15) is 5.75 Å². The molecule has 0 heterocycles. The zero-order valence-corrected chi connectivity index (χ0v) is 6.41. The summed E-state index contributed by atoms with van der Waals surface area (Å²) in [6.07, 6.45) is 0. The van der Waals surface area contributed by atoms with Gasteiger partial charge in [-0.05, 0) is 12.1 Å². The second-order valence-electron chi connectivity index (χ2n) is 2.25. The monoisotopic (exact) mass is 165 g/mol. The van der Waals surface area contributed by atoms with Crippen molar-refractivity contribution in [3.05, 3.63) is 24.3 Å². The van der Waals surface area contributed by atoms with Crippen LogP contribution in [0.1, 0.15) is 0 Å². The lowest BCUT2D eigenvalue weighted by atomic mass is 10.3. The lowest BCUT2D eigenvalue weighted by Crippen LogP contribution is -2.11. The predicted molar refractivity (Wildman–Crippen MR) is 44.5 cm³/mol. The summed E-state index contributed by atoms with van der Waals surface area (Å²) >= 11 is 0. The van der Waals surface area contributed by atoms with Gasteiger partial charge in [0.15, 0.2) is 6.61 Å². The number of hydrogen-bond acceptors (Lipinski definition) is 3. The number of amides is 1. The average Bonchev–Trinajstić information content (AvgIpc) is 2.03. The Bertz CT molecular complexity index is 286. The number of carbonyl (C=O) groups is 1. The van der Waals surface area contributed by atoms with E-state index in [1.165, 1.54) is 0 Å². The van der Waals surface area contributed by atoms with Crippen LogP contribution in [-0.2, 0) is 4.79 Å². The molecule has 0 aliphatic rings. The van der Waals surface area contributed by atoms with Crippen LogP contribution in [0, 0.1) is 0 Å². The van der Waals surface area contributed by atoms with E-state index in [0.29, 0.717) is 11.4 Å². The van der Waals surface area contributed by atoms with Crippen LogP contribution in [0.25, 0.3) is 0 Å². The maximum Gasteiger partial charge on any atom is 0.276 e. The Morgan fingerprint density at radius 1 is 1.50 bits per heavy atom. The molecule has 1 aromatic rings. The molecule has 1 rings (SSSR count). The van der Waals surface area contributed by atoms with Gasteiger partial charge in [0, 0.05) is 0 Å². The minimum absolute atomic E-state index is 0.256. The minimum Gasteiger partial charge on any atom is -0.482 e. The quantitative estimate of drug-likeness (QED) is 0.661. The van der Waals surface area contributed by atoms with Crippen LogP contribution in [0.3, 0.4) is 0 Å². The molecule has 0 saturated heterocycles. The van der Waals surface area contributed by atoms with Crippen LogP contribution in [-0.4, -0.2) is 12.5 Å². The summed E-state index contributed by atoms with van der Waals surface area (Å²) in [5, 5.41) is 0. The summed E-state index contributed by atoms with van der Waals surface area (Å²) in [6, 6.07) is 6.84. The highest BCUT2D eigenvalue weighted by molar-refractivity contribution is 5.74. The Labute approximate surface area is 70.1 Å². The van der Waals surface area contributed by atoms with Gasteiger partial charge in [0.05, 0.1) is 5.69 Å². The molecule has 4 nitrogen and oxygen atoms in total. The van der Waals surface area contributed by atoms with E-state index >= 15 is 0 Å². The molecule has 0 atom stereocenters. The molecule has 0 aliphatic carbocycles. The topological polar surface area (TPSA) is 76.1 Å². The SMILES string of the molecule is [NH]C(=O)COc1ccccc1N. The summed E-state index contributed by atoms with van der Waals surface area (Å²) in [5.74, 6) is -0.323. The largest absolute Gasteiger partial charge is 0.482 e. The molecule has 12 heavy (non-hydrogen) atoms. The molecule has 0 aromatic heterocycles. The van der Waals surface area contributed by atoms with Crippen molar-refractivity contribution in [1.82, 2.24) is 5.73 Å². The molecule has 0 spiro atoms. The highest BCUT2D eigenvalue weighted by Crippen LogP contribution is 2.19. The minimum atomic E-state index is -0.766. The highest BCUT2D eigenvalue weighted by Gasteiger charge is 2.00. The molecule has 0 unspecified atom stereocenters. The number of nitrogens with two attached hydrogens (primary N) is 1. The van der Waals surface area contributed by atoms with Gasteiger partial charge < -0.3 is 10.5 Å². The molecule has 0 aliphatic heterocycles. The summed E-state index contributed by atoms with van der Waals surface area (Å²) in [4.78, 5) is 10.2. The van der Waals surface area contributed by atoms with Crippen molar-refractivity contribution in [2.45, 2.75) is 0 Å². The van der Waals surface area contributed by atoms with Gasteiger partial charge in [-0.2, -0.15) is 0 Å². The Hall–Kier alpha value is -1.71. The van der Waals surface area contributed by atoms with Crippen LogP contribution < -0.4 is 16.2 Å². The van der Waals surface area contributed by atoms with E-state index in [0.717, 1.165) is 0 Å². The number of ether oxygens (including phenoxy) is 1. The van der Waals surface area contributed by atoms with Gasteiger partial charge in [-0.3, -0.25) is 10.5 Å². The van der Waals surface area contributed by atoms with Crippen molar-refractivity contribution in [2.75, 3.05) is 12.3 Å². The Kier molecular flexibility index (Phi) is 2.53. The van der Waals surface area contributed by atoms with Crippen LogP contribution in [0.15, 0.2) is 24.3 Å². The van der Waals surface area contributed by atoms with Crippen LogP contribution in [0.2, 0.25) is 0 Å². The third-order valence-corrected chi connectivity index (χ3v) is 1.28. The number of benzene rings is 1. The predicted octanol–water partition coefficient (Wildman–Crippen LogP) is 0.457. The highest BCUT2D eigenvalue weighted by atomic mass is 16.5. The van der Waals surface area contributed by atoms with Crippen LogP contribution >= 0.6 is 0 Å². The third-order valence-electron chi connectivity index (χ3n) is 1.28. The summed E-state index contributed by atoms with van der Waals surface area (Å²) in [6.45, 7) is -0.256. The second-order valence-corrected chi connectivity index (χ2v) is 2.25. The first-order chi connectivity index (χ1) is 5.70. The fourth-order valence-corrected chi connectivity index (χ4v) is 0.755. The number of anilines is 1. The van der Waals surface area contributed by atoms with Crippen molar-refractivity contribution >= 4 is 11.6 Å². The number of carbonyl (C=O) groups excluding carboxylic acids is 1. The standard InChI is InChI=1S/C8H9N2O2/c9-6-3-1-2-4-7(6)12-5-8(10)11/h1-4,10H,5,9H2. The molecule has 1 aromatic carbocycles. The van der Waals surface area contributed by atoms with E-state index in [1.807, 2.05) is 0 Å². The van der Waals surface area contributed by atoms with Gasteiger partial charge in [-0.15, -0.1) is 0 Å². The van der Waals surface area contributed by atoms with E-state index in [9.17, 15) is 4.79 Å². The van der Waals surface area contributed by atoms with E-state index in [4.69, 9.17) is 16.2 Å². The smallest absolute Gasteiger partial charge is 0.276 e. The lowest BCUT2D eigenvalue weighted by molar-refractivity contribution is -0.120. The Balaban J connectivity index is 2.63. The molecule has 0 fully saturated rings.